The maximum Gasteiger partial charge on any atom is 0.336 e. The van der Waals surface area contributed by atoms with Crippen LogP contribution in [0.4, 0.5) is 9.18 Å². The molecule has 0 saturated heterocycles. The SMILES string of the molecule is C=C(C)C(=O)OCCNC(=O)n1cc(F)c(=O)[nH]c1=O. The Kier molecular flexibility index (Phi) is 4.95. The molecule has 0 aromatic carbocycles. The Morgan fingerprint density at radius 1 is 1.50 bits per heavy atom. The van der Waals surface area contributed by atoms with Gasteiger partial charge in [0.25, 0.3) is 5.56 Å². The molecule has 108 valence electrons. The summed E-state index contributed by atoms with van der Waals surface area (Å²) in [6, 6.07) is -0.962. The summed E-state index contributed by atoms with van der Waals surface area (Å²) in [6.07, 6.45) is 0.469. The zero-order chi connectivity index (χ0) is 15.3. The molecule has 1 aromatic heterocycles. The third-order valence-corrected chi connectivity index (χ3v) is 2.08. The topological polar surface area (TPSA) is 110 Å². The third-order valence-electron chi connectivity index (χ3n) is 2.08. The number of ether oxygens (including phenoxy) is 1. The van der Waals surface area contributed by atoms with E-state index in [-0.39, 0.29) is 18.7 Å². The summed E-state index contributed by atoms with van der Waals surface area (Å²) in [5.41, 5.74) is -2.09. The minimum absolute atomic E-state index is 0.0922. The number of amides is 1. The fraction of sp³-hybridized carbons (Fsp3) is 0.273. The minimum atomic E-state index is -1.27. The molecule has 20 heavy (non-hydrogen) atoms. The van der Waals surface area contributed by atoms with Crippen LogP contribution in [0.3, 0.4) is 0 Å². The first-order valence-electron chi connectivity index (χ1n) is 5.45. The highest BCUT2D eigenvalue weighted by molar-refractivity contribution is 5.86. The number of nitrogens with one attached hydrogen (secondary N) is 2. The number of carbonyl (C=O) groups excluding carboxylic acids is 2. The lowest BCUT2D eigenvalue weighted by molar-refractivity contribution is -0.138. The van der Waals surface area contributed by atoms with Crippen molar-refractivity contribution in [1.29, 1.82) is 0 Å². The average molecular weight is 285 g/mol. The molecule has 1 rings (SSSR count). The van der Waals surface area contributed by atoms with Crippen LogP contribution in [0.15, 0.2) is 27.9 Å². The Morgan fingerprint density at radius 3 is 2.75 bits per heavy atom. The highest BCUT2D eigenvalue weighted by Crippen LogP contribution is 1.90. The monoisotopic (exact) mass is 285 g/mol. The zero-order valence-corrected chi connectivity index (χ0v) is 10.6. The van der Waals surface area contributed by atoms with Crippen LogP contribution < -0.4 is 16.6 Å². The van der Waals surface area contributed by atoms with Gasteiger partial charge in [-0.05, 0) is 6.92 Å². The predicted molar refractivity (Wildman–Crippen MR) is 65.9 cm³/mol. The Labute approximate surface area is 111 Å². The van der Waals surface area contributed by atoms with E-state index in [2.05, 4.69) is 11.9 Å². The smallest absolute Gasteiger partial charge is 0.336 e. The van der Waals surface area contributed by atoms with E-state index in [1.165, 1.54) is 6.92 Å². The largest absolute Gasteiger partial charge is 0.460 e. The quantitative estimate of drug-likeness (QED) is 0.434. The Morgan fingerprint density at radius 2 is 2.15 bits per heavy atom. The second-order valence-corrected chi connectivity index (χ2v) is 3.75. The maximum absolute atomic E-state index is 12.9. The average Bonchev–Trinajstić information content (AvgIpc) is 2.38. The summed E-state index contributed by atoms with van der Waals surface area (Å²) < 4.78 is 18.0. The van der Waals surface area contributed by atoms with E-state index in [4.69, 9.17) is 4.74 Å². The van der Waals surface area contributed by atoms with E-state index in [0.29, 0.717) is 10.8 Å². The van der Waals surface area contributed by atoms with Gasteiger partial charge in [0.1, 0.15) is 6.61 Å². The van der Waals surface area contributed by atoms with Crippen LogP contribution in [-0.4, -0.2) is 34.7 Å². The summed E-state index contributed by atoms with van der Waals surface area (Å²) in [5.74, 6) is -1.89. The molecule has 8 nitrogen and oxygen atoms in total. The van der Waals surface area contributed by atoms with E-state index in [1.54, 1.807) is 4.98 Å². The molecular formula is C11H12FN3O5. The lowest BCUT2D eigenvalue weighted by Crippen LogP contribution is -2.41. The second-order valence-electron chi connectivity index (χ2n) is 3.75. The molecule has 0 saturated carbocycles. The minimum Gasteiger partial charge on any atom is -0.460 e. The van der Waals surface area contributed by atoms with Crippen molar-refractivity contribution in [2.75, 3.05) is 13.2 Å². The van der Waals surface area contributed by atoms with Crippen LogP contribution in [-0.2, 0) is 9.53 Å². The maximum atomic E-state index is 12.9. The van der Waals surface area contributed by atoms with Crippen LogP contribution in [0.2, 0.25) is 0 Å². The number of H-pyrrole nitrogens is 1. The molecule has 2 N–H and O–H groups in total. The normalized spacial score (nSPS) is 9.90. The molecule has 0 bridgehead atoms. The summed E-state index contributed by atoms with van der Waals surface area (Å²) in [4.78, 5) is 46.2. The number of esters is 1. The fourth-order valence-electron chi connectivity index (χ4n) is 1.11. The third kappa shape index (κ3) is 3.90. The first kappa shape index (κ1) is 15.3. The van der Waals surface area contributed by atoms with Crippen molar-refractivity contribution in [1.82, 2.24) is 14.9 Å². The van der Waals surface area contributed by atoms with Crippen LogP contribution in [0.25, 0.3) is 0 Å². The van der Waals surface area contributed by atoms with Gasteiger partial charge in [-0.15, -0.1) is 0 Å². The van der Waals surface area contributed by atoms with Crippen LogP contribution in [0, 0.1) is 5.82 Å². The number of halogens is 1. The molecule has 1 heterocycles. The lowest BCUT2D eigenvalue weighted by atomic mass is 10.4. The van der Waals surface area contributed by atoms with Gasteiger partial charge in [0.15, 0.2) is 0 Å². The van der Waals surface area contributed by atoms with Gasteiger partial charge in [-0.3, -0.25) is 9.78 Å². The Bertz CT molecular complexity index is 661. The number of aromatic nitrogens is 2. The summed E-state index contributed by atoms with van der Waals surface area (Å²) in [6.45, 7) is 4.59. The van der Waals surface area contributed by atoms with E-state index < -0.39 is 29.1 Å². The molecule has 0 aliphatic heterocycles. The van der Waals surface area contributed by atoms with Crippen LogP contribution in [0.5, 0.6) is 0 Å². The summed E-state index contributed by atoms with van der Waals surface area (Å²) >= 11 is 0. The first-order chi connectivity index (χ1) is 9.32. The standard InChI is InChI=1S/C11H12FN3O5/c1-6(2)9(17)20-4-3-13-10(18)15-5-7(12)8(16)14-11(15)19/h5H,1,3-4H2,2H3,(H,13,18)(H,14,16,19). The highest BCUT2D eigenvalue weighted by Gasteiger charge is 2.10. The molecule has 0 fully saturated rings. The molecule has 1 aromatic rings. The van der Waals surface area contributed by atoms with E-state index in [9.17, 15) is 23.6 Å². The van der Waals surface area contributed by atoms with Gasteiger partial charge >= 0.3 is 17.7 Å². The molecule has 0 unspecified atom stereocenters. The number of hydrogen-bond donors (Lipinski definition) is 2. The van der Waals surface area contributed by atoms with Crippen molar-refractivity contribution in [2.45, 2.75) is 6.92 Å². The van der Waals surface area contributed by atoms with Gasteiger partial charge < -0.3 is 10.1 Å². The molecule has 0 radical (unpaired) electrons. The Hall–Kier alpha value is -2.71. The van der Waals surface area contributed by atoms with E-state index in [0.717, 1.165) is 0 Å². The molecule has 9 heteroatoms. The lowest BCUT2D eigenvalue weighted by Gasteiger charge is -2.07. The highest BCUT2D eigenvalue weighted by atomic mass is 19.1. The van der Waals surface area contributed by atoms with Crippen LogP contribution >= 0.6 is 0 Å². The molecule has 0 spiro atoms. The van der Waals surface area contributed by atoms with Gasteiger partial charge in [-0.1, -0.05) is 6.58 Å². The number of hydrogen-bond acceptors (Lipinski definition) is 5. The van der Waals surface area contributed by atoms with Crippen LogP contribution in [0.1, 0.15) is 6.92 Å². The van der Waals surface area contributed by atoms with Gasteiger partial charge in [0.2, 0.25) is 5.82 Å². The fourth-order valence-corrected chi connectivity index (χ4v) is 1.11. The molecular weight excluding hydrogens is 273 g/mol. The summed E-state index contributed by atoms with van der Waals surface area (Å²) in [7, 11) is 0. The number of carbonyl (C=O) groups is 2. The van der Waals surface area contributed by atoms with Gasteiger partial charge in [0, 0.05) is 5.57 Å². The molecule has 0 aliphatic rings. The molecule has 1 amide bonds. The number of nitrogens with zero attached hydrogens (tertiary/aromatic N) is 1. The summed E-state index contributed by atoms with van der Waals surface area (Å²) in [5, 5.41) is 2.21. The van der Waals surface area contributed by atoms with Gasteiger partial charge in [-0.25, -0.2) is 19.0 Å². The van der Waals surface area contributed by atoms with Crippen molar-refractivity contribution in [3.63, 3.8) is 0 Å². The van der Waals surface area contributed by atoms with Gasteiger partial charge in [0.05, 0.1) is 12.7 Å². The molecule has 0 aliphatic carbocycles. The van der Waals surface area contributed by atoms with Crippen molar-refractivity contribution < 1.29 is 18.7 Å². The van der Waals surface area contributed by atoms with E-state index in [1.807, 2.05) is 0 Å². The van der Waals surface area contributed by atoms with Crippen molar-refractivity contribution in [3.8, 4) is 0 Å². The van der Waals surface area contributed by atoms with Crippen molar-refractivity contribution in [2.24, 2.45) is 0 Å². The van der Waals surface area contributed by atoms with Crippen molar-refractivity contribution >= 4 is 12.0 Å². The second kappa shape index (κ2) is 6.45. The number of aromatic amines is 1. The zero-order valence-electron chi connectivity index (χ0n) is 10.6. The predicted octanol–water partition coefficient (Wildman–Crippen LogP) is -0.647. The first-order valence-corrected chi connectivity index (χ1v) is 5.45. The van der Waals surface area contributed by atoms with Crippen molar-refractivity contribution in [3.05, 3.63) is 45.0 Å². The van der Waals surface area contributed by atoms with Gasteiger partial charge in [-0.2, -0.15) is 4.39 Å². The Balaban J connectivity index is 2.58. The number of rotatable bonds is 4. The van der Waals surface area contributed by atoms with E-state index >= 15 is 0 Å². The molecule has 0 atom stereocenters.